The van der Waals surface area contributed by atoms with E-state index in [0.717, 1.165) is 29.5 Å². The molecule has 1 rings (SSSR count). The molecule has 0 aliphatic carbocycles. The molecule has 96 valence electrons. The lowest BCUT2D eigenvalue weighted by molar-refractivity contribution is 0.157. The minimum absolute atomic E-state index is 0.167. The highest BCUT2D eigenvalue weighted by Gasteiger charge is 2.26. The van der Waals surface area contributed by atoms with Gasteiger partial charge in [0.2, 0.25) is 0 Å². The number of halogens is 2. The van der Waals surface area contributed by atoms with Crippen molar-refractivity contribution in [3.8, 4) is 5.75 Å². The predicted molar refractivity (Wildman–Crippen MR) is 73.4 cm³/mol. The summed E-state index contributed by atoms with van der Waals surface area (Å²) in [5, 5.41) is 0.924. The first-order valence-electron chi connectivity index (χ1n) is 6.02. The van der Waals surface area contributed by atoms with Crippen LogP contribution in [0.1, 0.15) is 32.3 Å². The molecule has 0 heterocycles. The third kappa shape index (κ3) is 3.70. The zero-order valence-corrected chi connectivity index (χ0v) is 12.3. The predicted octanol–water partition coefficient (Wildman–Crippen LogP) is 4.71. The molecule has 0 aliphatic rings. The second kappa shape index (κ2) is 6.39. The Morgan fingerprint density at radius 3 is 2.41 bits per heavy atom. The van der Waals surface area contributed by atoms with E-state index in [-0.39, 0.29) is 11.2 Å². The molecule has 1 aromatic rings. The molecular weight excluding hydrogens is 283 g/mol. The van der Waals surface area contributed by atoms with Crippen molar-refractivity contribution in [1.82, 2.24) is 0 Å². The second-order valence-corrected chi connectivity index (χ2v) is 5.10. The van der Waals surface area contributed by atoms with Crippen LogP contribution in [0.3, 0.4) is 0 Å². The molecule has 0 bridgehead atoms. The maximum Gasteiger partial charge on any atom is 0.123 e. The average molecular weight is 303 g/mol. The molecule has 3 heteroatoms. The van der Waals surface area contributed by atoms with Gasteiger partial charge in [0, 0.05) is 10.7 Å². The average Bonchev–Trinajstić information content (AvgIpc) is 2.33. The van der Waals surface area contributed by atoms with Crippen LogP contribution in [0.2, 0.25) is 0 Å². The summed E-state index contributed by atoms with van der Waals surface area (Å²) in [6, 6.07) is 4.65. The van der Waals surface area contributed by atoms with Gasteiger partial charge < -0.3 is 4.74 Å². The topological polar surface area (TPSA) is 9.23 Å². The highest BCUT2D eigenvalue weighted by Crippen LogP contribution is 2.30. The Labute approximate surface area is 111 Å². The van der Waals surface area contributed by atoms with E-state index in [4.69, 9.17) is 4.74 Å². The number of alkyl halides is 1. The van der Waals surface area contributed by atoms with Gasteiger partial charge >= 0.3 is 0 Å². The van der Waals surface area contributed by atoms with Crippen LogP contribution in [0.25, 0.3) is 0 Å². The number of benzene rings is 1. The molecule has 0 N–H and O–H groups in total. The molecule has 0 amide bonds. The van der Waals surface area contributed by atoms with Gasteiger partial charge in [0.05, 0.1) is 6.61 Å². The molecule has 0 unspecified atom stereocenters. The van der Waals surface area contributed by atoms with Crippen LogP contribution in [0.4, 0.5) is 4.39 Å². The Morgan fingerprint density at radius 1 is 1.29 bits per heavy atom. The fourth-order valence-electron chi connectivity index (χ4n) is 1.69. The largest absolute Gasteiger partial charge is 0.493 e. The summed E-state index contributed by atoms with van der Waals surface area (Å²) in [4.78, 5) is 0. The van der Waals surface area contributed by atoms with Crippen LogP contribution >= 0.6 is 15.9 Å². The van der Waals surface area contributed by atoms with Gasteiger partial charge in [-0.25, -0.2) is 4.39 Å². The highest BCUT2D eigenvalue weighted by molar-refractivity contribution is 9.09. The maximum atomic E-state index is 13.0. The van der Waals surface area contributed by atoms with E-state index >= 15 is 0 Å². The fraction of sp³-hybridized carbons (Fsp3) is 0.571. The first kappa shape index (κ1) is 14.5. The first-order valence-corrected chi connectivity index (χ1v) is 7.14. The van der Waals surface area contributed by atoms with Crippen LogP contribution in [-0.4, -0.2) is 11.9 Å². The third-order valence-corrected chi connectivity index (χ3v) is 4.64. The van der Waals surface area contributed by atoms with E-state index in [9.17, 15) is 4.39 Å². The number of ether oxygens (including phenoxy) is 1. The van der Waals surface area contributed by atoms with Crippen LogP contribution in [0.5, 0.6) is 5.75 Å². The van der Waals surface area contributed by atoms with Crippen LogP contribution in [0.15, 0.2) is 18.2 Å². The van der Waals surface area contributed by atoms with Crippen LogP contribution in [0, 0.1) is 18.2 Å². The Morgan fingerprint density at radius 2 is 1.94 bits per heavy atom. The van der Waals surface area contributed by atoms with Gasteiger partial charge in [0.15, 0.2) is 0 Å². The quantitative estimate of drug-likeness (QED) is 0.691. The lowest BCUT2D eigenvalue weighted by atomic mass is 9.86. The zero-order valence-electron chi connectivity index (χ0n) is 10.7. The molecule has 0 spiro atoms. The first-order chi connectivity index (χ1) is 8.06. The van der Waals surface area contributed by atoms with Crippen molar-refractivity contribution >= 4 is 15.9 Å². The van der Waals surface area contributed by atoms with Crippen LogP contribution in [-0.2, 0) is 0 Å². The van der Waals surface area contributed by atoms with E-state index in [2.05, 4.69) is 29.8 Å². The minimum Gasteiger partial charge on any atom is -0.493 e. The van der Waals surface area contributed by atoms with Crippen molar-refractivity contribution in [2.45, 2.75) is 33.6 Å². The van der Waals surface area contributed by atoms with Gasteiger partial charge in [-0.05, 0) is 43.5 Å². The summed E-state index contributed by atoms with van der Waals surface area (Å²) in [5.74, 6) is 0.561. The molecule has 0 atom stereocenters. The van der Waals surface area contributed by atoms with Crippen molar-refractivity contribution in [2.24, 2.45) is 5.41 Å². The summed E-state index contributed by atoms with van der Waals surface area (Å²) in [5.41, 5.74) is 1.02. The van der Waals surface area contributed by atoms with Gasteiger partial charge in [-0.15, -0.1) is 0 Å². The number of aryl methyl sites for hydroxylation is 1. The standard InChI is InChI=1S/C14H20BrFO/c1-4-14(5-2,9-15)10-17-13-7-6-12(16)8-11(13)3/h6-8H,4-5,9-10H2,1-3H3. The fourth-order valence-corrected chi connectivity index (χ4v) is 2.64. The minimum atomic E-state index is -0.215. The summed E-state index contributed by atoms with van der Waals surface area (Å²) >= 11 is 3.56. The molecule has 1 nitrogen and oxygen atoms in total. The Hall–Kier alpha value is -0.570. The molecule has 1 aromatic carbocycles. The molecule has 0 aliphatic heterocycles. The lowest BCUT2D eigenvalue weighted by Gasteiger charge is -2.29. The van der Waals surface area contributed by atoms with Gasteiger partial charge in [0.25, 0.3) is 0 Å². The molecule has 0 aromatic heterocycles. The molecule has 0 saturated carbocycles. The molecule has 17 heavy (non-hydrogen) atoms. The summed E-state index contributed by atoms with van der Waals surface area (Å²) < 4.78 is 18.8. The lowest BCUT2D eigenvalue weighted by Crippen LogP contribution is -2.29. The van der Waals surface area contributed by atoms with E-state index in [1.165, 1.54) is 12.1 Å². The summed E-state index contributed by atoms with van der Waals surface area (Å²) in [6.45, 7) is 6.88. The molecule has 0 radical (unpaired) electrons. The normalized spacial score (nSPS) is 11.6. The van der Waals surface area contributed by atoms with Crippen molar-refractivity contribution < 1.29 is 9.13 Å². The number of hydrogen-bond acceptors (Lipinski definition) is 1. The highest BCUT2D eigenvalue weighted by atomic mass is 79.9. The third-order valence-electron chi connectivity index (χ3n) is 3.45. The van der Waals surface area contributed by atoms with Gasteiger partial charge in [0.1, 0.15) is 11.6 Å². The van der Waals surface area contributed by atoms with Crippen molar-refractivity contribution in [3.63, 3.8) is 0 Å². The number of hydrogen-bond donors (Lipinski definition) is 0. The zero-order chi connectivity index (χ0) is 12.9. The molecule has 0 fully saturated rings. The van der Waals surface area contributed by atoms with E-state index < -0.39 is 0 Å². The maximum absolute atomic E-state index is 13.0. The number of rotatable bonds is 6. The van der Waals surface area contributed by atoms with Crippen molar-refractivity contribution in [2.75, 3.05) is 11.9 Å². The Kier molecular flexibility index (Phi) is 5.44. The van der Waals surface area contributed by atoms with Gasteiger partial charge in [-0.2, -0.15) is 0 Å². The monoisotopic (exact) mass is 302 g/mol. The van der Waals surface area contributed by atoms with E-state index in [0.29, 0.717) is 6.61 Å². The van der Waals surface area contributed by atoms with E-state index in [1.807, 2.05) is 6.92 Å². The molecular formula is C14H20BrFO. The Bertz CT molecular complexity index is 353. The van der Waals surface area contributed by atoms with Gasteiger partial charge in [-0.3, -0.25) is 0 Å². The Balaban J connectivity index is 2.72. The van der Waals surface area contributed by atoms with E-state index in [1.54, 1.807) is 6.07 Å². The van der Waals surface area contributed by atoms with Crippen molar-refractivity contribution in [3.05, 3.63) is 29.6 Å². The smallest absolute Gasteiger partial charge is 0.123 e. The van der Waals surface area contributed by atoms with Crippen molar-refractivity contribution in [1.29, 1.82) is 0 Å². The molecule has 0 saturated heterocycles. The van der Waals surface area contributed by atoms with Crippen LogP contribution < -0.4 is 4.74 Å². The van der Waals surface area contributed by atoms with Gasteiger partial charge in [-0.1, -0.05) is 29.8 Å². The second-order valence-electron chi connectivity index (χ2n) is 4.54. The SMILES string of the molecule is CCC(CC)(CBr)COc1ccc(F)cc1C. The summed E-state index contributed by atoms with van der Waals surface area (Å²) in [7, 11) is 0. The summed E-state index contributed by atoms with van der Waals surface area (Å²) in [6.07, 6.45) is 2.13.